The molecule has 1 aliphatic heterocycles. The zero-order valence-corrected chi connectivity index (χ0v) is 14.8. The molecule has 1 aromatic heterocycles. The average Bonchev–Trinajstić information content (AvgIpc) is 2.93. The Morgan fingerprint density at radius 2 is 2.22 bits per heavy atom. The highest BCUT2D eigenvalue weighted by atomic mass is 32.1. The Morgan fingerprint density at radius 1 is 1.39 bits per heavy atom. The van der Waals surface area contributed by atoms with E-state index in [-0.39, 0.29) is 6.42 Å². The van der Waals surface area contributed by atoms with Gasteiger partial charge in [-0.3, -0.25) is 4.90 Å². The van der Waals surface area contributed by atoms with Gasteiger partial charge in [-0.2, -0.15) is 0 Å². The quantitative estimate of drug-likeness (QED) is 0.681. The lowest BCUT2D eigenvalue weighted by Gasteiger charge is -2.37. The van der Waals surface area contributed by atoms with Crippen molar-refractivity contribution in [1.82, 2.24) is 4.90 Å². The van der Waals surface area contributed by atoms with Gasteiger partial charge in [0.25, 0.3) is 0 Å². The van der Waals surface area contributed by atoms with Gasteiger partial charge in [0, 0.05) is 37.5 Å². The third kappa shape index (κ3) is 6.45. The van der Waals surface area contributed by atoms with E-state index in [0.717, 1.165) is 49.4 Å². The molecule has 0 saturated carbocycles. The van der Waals surface area contributed by atoms with Crippen LogP contribution in [0.5, 0.6) is 0 Å². The number of hydrogen-bond donors (Lipinski definition) is 0. The summed E-state index contributed by atoms with van der Waals surface area (Å²) in [5, 5.41) is 1.97. The molecule has 0 amide bonds. The minimum absolute atomic E-state index is 0.136. The molecule has 0 aliphatic carbocycles. The maximum atomic E-state index is 12.3. The first-order valence-corrected chi connectivity index (χ1v) is 9.15. The molecule has 2 heterocycles. The van der Waals surface area contributed by atoms with Gasteiger partial charge >= 0.3 is 0 Å². The number of methoxy groups -OCH3 is 1. The van der Waals surface area contributed by atoms with Gasteiger partial charge in [0.15, 0.2) is 0 Å². The van der Waals surface area contributed by atoms with Crippen molar-refractivity contribution in [3.8, 4) is 0 Å². The Labute approximate surface area is 141 Å². The first-order valence-electron chi connectivity index (χ1n) is 8.27. The molecule has 0 aromatic carbocycles. The molecule has 0 radical (unpaired) electrons. The minimum atomic E-state index is -2.26. The number of ether oxygens (including phenoxy) is 2. The van der Waals surface area contributed by atoms with Crippen molar-refractivity contribution in [1.29, 1.82) is 0 Å². The number of piperidine rings is 1. The molecule has 0 bridgehead atoms. The van der Waals surface area contributed by atoms with Crippen LogP contribution in [0.25, 0.3) is 0 Å². The normalized spacial score (nSPS) is 22.8. The molecule has 3 nitrogen and oxygen atoms in total. The van der Waals surface area contributed by atoms with E-state index in [1.54, 1.807) is 7.11 Å². The van der Waals surface area contributed by atoms with Crippen LogP contribution in [0.15, 0.2) is 11.4 Å². The smallest absolute Gasteiger partial charge is 0.243 e. The summed E-state index contributed by atoms with van der Waals surface area (Å²) < 4.78 is 35.8. The SMILES string of the molecule is COCCN1CC[C@@H](OCCc2csc(CC(F)F)c2)C[C@@H]1C. The van der Waals surface area contributed by atoms with E-state index >= 15 is 0 Å². The van der Waals surface area contributed by atoms with Crippen LogP contribution in [0.1, 0.15) is 30.2 Å². The molecule has 0 spiro atoms. The van der Waals surface area contributed by atoms with Crippen molar-refractivity contribution in [2.45, 2.75) is 51.2 Å². The number of thiophene rings is 1. The zero-order chi connectivity index (χ0) is 16.7. The van der Waals surface area contributed by atoms with Crippen LogP contribution in [0.2, 0.25) is 0 Å². The topological polar surface area (TPSA) is 21.7 Å². The Hall–Kier alpha value is -0.560. The highest BCUT2D eigenvalue weighted by molar-refractivity contribution is 7.10. The average molecular weight is 347 g/mol. The number of hydrogen-bond acceptors (Lipinski definition) is 4. The largest absolute Gasteiger partial charge is 0.383 e. The Bertz CT molecular complexity index is 456. The van der Waals surface area contributed by atoms with E-state index in [1.165, 1.54) is 11.3 Å². The van der Waals surface area contributed by atoms with E-state index in [9.17, 15) is 8.78 Å². The predicted octanol–water partition coefficient (Wildman–Crippen LogP) is 3.61. The fourth-order valence-corrected chi connectivity index (χ4v) is 3.96. The van der Waals surface area contributed by atoms with Gasteiger partial charge in [-0.25, -0.2) is 8.78 Å². The van der Waals surface area contributed by atoms with Crippen LogP contribution in [0, 0.1) is 0 Å². The van der Waals surface area contributed by atoms with Gasteiger partial charge < -0.3 is 9.47 Å². The van der Waals surface area contributed by atoms with Gasteiger partial charge in [0.2, 0.25) is 6.43 Å². The molecule has 1 aliphatic rings. The fourth-order valence-electron chi connectivity index (χ4n) is 3.03. The van der Waals surface area contributed by atoms with E-state index in [2.05, 4.69) is 11.8 Å². The lowest BCUT2D eigenvalue weighted by molar-refractivity contribution is -0.0156. The van der Waals surface area contributed by atoms with E-state index in [4.69, 9.17) is 9.47 Å². The molecular formula is C17H27F2NO2S. The van der Waals surface area contributed by atoms with Gasteiger partial charge in [-0.1, -0.05) is 0 Å². The molecule has 2 atom stereocenters. The van der Waals surface area contributed by atoms with Crippen molar-refractivity contribution in [2.24, 2.45) is 0 Å². The predicted molar refractivity (Wildman–Crippen MR) is 89.6 cm³/mol. The van der Waals surface area contributed by atoms with Crippen LogP contribution in [0.3, 0.4) is 0 Å². The maximum Gasteiger partial charge on any atom is 0.243 e. The molecule has 1 aromatic rings. The number of likely N-dealkylation sites (tertiary alicyclic amines) is 1. The van der Waals surface area contributed by atoms with Crippen molar-refractivity contribution < 1.29 is 18.3 Å². The lowest BCUT2D eigenvalue weighted by atomic mass is 10.0. The van der Waals surface area contributed by atoms with Crippen molar-refractivity contribution >= 4 is 11.3 Å². The summed E-state index contributed by atoms with van der Waals surface area (Å²) in [6, 6.07) is 2.40. The molecule has 132 valence electrons. The highest BCUT2D eigenvalue weighted by Crippen LogP contribution is 2.21. The third-order valence-electron chi connectivity index (χ3n) is 4.36. The molecule has 2 rings (SSSR count). The monoisotopic (exact) mass is 347 g/mol. The first kappa shape index (κ1) is 18.8. The number of nitrogens with zero attached hydrogens (tertiary/aromatic N) is 1. The number of alkyl halides is 2. The zero-order valence-electron chi connectivity index (χ0n) is 14.0. The minimum Gasteiger partial charge on any atom is -0.383 e. The summed E-state index contributed by atoms with van der Waals surface area (Å²) in [4.78, 5) is 3.20. The van der Waals surface area contributed by atoms with E-state index < -0.39 is 6.43 Å². The van der Waals surface area contributed by atoms with Gasteiger partial charge in [0.05, 0.1) is 19.3 Å². The molecule has 1 fully saturated rings. The summed E-state index contributed by atoms with van der Waals surface area (Å²) in [6.07, 6.45) is 0.810. The molecular weight excluding hydrogens is 320 g/mol. The Morgan fingerprint density at radius 3 is 2.91 bits per heavy atom. The standard InChI is InChI=1S/C17H27F2NO2S/c1-13-9-15(3-5-20(13)6-8-21-2)22-7-4-14-10-16(23-12-14)11-17(18)19/h10,12-13,15,17H,3-9,11H2,1-2H3/t13-,15+/m0/s1. The van der Waals surface area contributed by atoms with Crippen LogP contribution in [-0.2, 0) is 22.3 Å². The summed E-state index contributed by atoms with van der Waals surface area (Å²) in [5.41, 5.74) is 1.11. The maximum absolute atomic E-state index is 12.3. The molecule has 1 saturated heterocycles. The molecule has 23 heavy (non-hydrogen) atoms. The van der Waals surface area contributed by atoms with Crippen LogP contribution < -0.4 is 0 Å². The van der Waals surface area contributed by atoms with Gasteiger partial charge in [-0.15, -0.1) is 11.3 Å². The summed E-state index contributed by atoms with van der Waals surface area (Å²) in [6.45, 7) is 5.70. The lowest BCUT2D eigenvalue weighted by Crippen LogP contribution is -2.44. The van der Waals surface area contributed by atoms with Crippen LogP contribution in [0.4, 0.5) is 8.78 Å². The molecule has 6 heteroatoms. The fraction of sp³-hybridized carbons (Fsp3) is 0.765. The van der Waals surface area contributed by atoms with Crippen LogP contribution >= 0.6 is 11.3 Å². The third-order valence-corrected chi connectivity index (χ3v) is 5.36. The second-order valence-corrected chi connectivity index (χ2v) is 7.16. The summed E-state index contributed by atoms with van der Waals surface area (Å²) in [7, 11) is 1.73. The van der Waals surface area contributed by atoms with E-state index in [0.29, 0.717) is 18.8 Å². The Balaban J connectivity index is 1.66. The summed E-state index contributed by atoms with van der Waals surface area (Å²) in [5.74, 6) is 0. The number of halogens is 2. The first-order chi connectivity index (χ1) is 11.1. The van der Waals surface area contributed by atoms with Crippen molar-refractivity contribution in [3.63, 3.8) is 0 Å². The van der Waals surface area contributed by atoms with E-state index in [1.807, 2.05) is 11.4 Å². The molecule has 0 unspecified atom stereocenters. The number of rotatable bonds is 9. The van der Waals surface area contributed by atoms with Crippen molar-refractivity contribution in [2.75, 3.05) is 33.4 Å². The molecule has 0 N–H and O–H groups in total. The van der Waals surface area contributed by atoms with Crippen LogP contribution in [-0.4, -0.2) is 56.9 Å². The second kappa shape index (κ2) is 9.67. The van der Waals surface area contributed by atoms with Gasteiger partial charge in [0.1, 0.15) is 0 Å². The highest BCUT2D eigenvalue weighted by Gasteiger charge is 2.25. The summed E-state index contributed by atoms with van der Waals surface area (Å²) >= 11 is 1.42. The van der Waals surface area contributed by atoms with Crippen molar-refractivity contribution in [3.05, 3.63) is 21.9 Å². The second-order valence-electron chi connectivity index (χ2n) is 6.16. The van der Waals surface area contributed by atoms with Gasteiger partial charge in [-0.05, 0) is 43.2 Å². The Kier molecular flexibility index (Phi) is 7.89.